The quantitative estimate of drug-likeness (QED) is 0.0781. The van der Waals surface area contributed by atoms with E-state index in [0.717, 1.165) is 24.7 Å². The molecule has 0 aromatic heterocycles. The number of rotatable bonds is 12. The lowest BCUT2D eigenvalue weighted by atomic mass is 10.2. The second-order valence-corrected chi connectivity index (χ2v) is 9.08. The Hall–Kier alpha value is -1.30. The van der Waals surface area contributed by atoms with E-state index in [0.29, 0.717) is 31.4 Å². The standard InChI is InChI=1S/C16H30N5O5PS/c1-16(22,27(23,24)25)7-9-21(2)8-4-10-26-14-6-3-5-13(11-14)12-18-20-15(28)19-17/h3,5-6,11,18,22H,4,7-10,12,17H2,1-2H3,(H2,19,20,28)(H2,23,24,25). The molecule has 1 aromatic carbocycles. The fraction of sp³-hybridized carbons (Fsp3) is 0.562. The van der Waals surface area contributed by atoms with Gasteiger partial charge in [0.25, 0.3) is 0 Å². The zero-order chi connectivity index (χ0) is 21.2. The van der Waals surface area contributed by atoms with Crippen LogP contribution < -0.4 is 26.9 Å². The molecule has 160 valence electrons. The Morgan fingerprint density at radius 2 is 2.11 bits per heavy atom. The number of benzene rings is 1. The first-order valence-corrected chi connectivity index (χ1v) is 10.7. The molecule has 0 aliphatic carbocycles. The molecule has 10 nitrogen and oxygen atoms in total. The normalized spacial score (nSPS) is 13.8. The van der Waals surface area contributed by atoms with Gasteiger partial charge in [0.05, 0.1) is 6.61 Å². The van der Waals surface area contributed by atoms with Gasteiger partial charge < -0.3 is 24.5 Å². The van der Waals surface area contributed by atoms with Crippen molar-refractivity contribution in [3.8, 4) is 5.75 Å². The minimum absolute atomic E-state index is 0.0131. The number of ether oxygens (including phenoxy) is 1. The maximum absolute atomic E-state index is 11.2. The van der Waals surface area contributed by atoms with E-state index in [1.54, 1.807) is 0 Å². The highest BCUT2D eigenvalue weighted by Gasteiger charge is 2.39. The summed E-state index contributed by atoms with van der Waals surface area (Å²) in [6.45, 7) is 3.22. The van der Waals surface area contributed by atoms with Gasteiger partial charge in [-0.15, -0.1) is 0 Å². The van der Waals surface area contributed by atoms with Crippen molar-refractivity contribution in [3.05, 3.63) is 29.8 Å². The highest BCUT2D eigenvalue weighted by Crippen LogP contribution is 2.50. The SMILES string of the molecule is CN(CCCOc1cccc(CNNC(=S)NN)c1)CCC(C)(O)P(=O)(O)O. The molecule has 1 unspecified atom stereocenters. The molecular weight excluding hydrogens is 405 g/mol. The van der Waals surface area contributed by atoms with Crippen molar-refractivity contribution in [2.45, 2.75) is 31.7 Å². The Bertz CT molecular complexity index is 673. The number of hydrazine groups is 2. The van der Waals surface area contributed by atoms with Crippen LogP contribution in [0.15, 0.2) is 24.3 Å². The molecule has 0 radical (unpaired) electrons. The lowest BCUT2D eigenvalue weighted by Gasteiger charge is -2.27. The topological polar surface area (TPSA) is 152 Å². The third-order valence-electron chi connectivity index (χ3n) is 4.07. The van der Waals surface area contributed by atoms with Gasteiger partial charge in [-0.05, 0) is 50.3 Å². The first-order valence-electron chi connectivity index (χ1n) is 8.73. The Morgan fingerprint density at radius 1 is 1.39 bits per heavy atom. The minimum atomic E-state index is -4.54. The molecule has 0 bridgehead atoms. The van der Waals surface area contributed by atoms with Gasteiger partial charge in [0, 0.05) is 26.1 Å². The van der Waals surface area contributed by atoms with Crippen molar-refractivity contribution >= 4 is 24.9 Å². The predicted octanol–water partition coefficient (Wildman–Crippen LogP) is 0.00600. The van der Waals surface area contributed by atoms with Crippen molar-refractivity contribution in [1.29, 1.82) is 0 Å². The molecule has 8 N–H and O–H groups in total. The summed E-state index contributed by atoms with van der Waals surface area (Å²) in [6, 6.07) is 7.61. The average molecular weight is 435 g/mol. The Kier molecular flexibility index (Phi) is 10.3. The summed E-state index contributed by atoms with van der Waals surface area (Å²) < 4.78 is 16.9. The summed E-state index contributed by atoms with van der Waals surface area (Å²) in [5.41, 5.74) is 8.96. The Balaban J connectivity index is 2.29. The average Bonchev–Trinajstić information content (AvgIpc) is 2.63. The van der Waals surface area contributed by atoms with E-state index in [1.807, 2.05) is 36.2 Å². The number of hydrogen-bond donors (Lipinski definition) is 7. The molecule has 0 heterocycles. The number of hydrogen-bond acceptors (Lipinski definition) is 7. The van der Waals surface area contributed by atoms with Crippen LogP contribution in [0.1, 0.15) is 25.3 Å². The van der Waals surface area contributed by atoms with Crippen molar-refractivity contribution < 1.29 is 24.2 Å². The van der Waals surface area contributed by atoms with Crippen LogP contribution in [0, 0.1) is 0 Å². The van der Waals surface area contributed by atoms with E-state index in [2.05, 4.69) is 16.3 Å². The second-order valence-electron chi connectivity index (χ2n) is 6.62. The second kappa shape index (κ2) is 11.6. The van der Waals surface area contributed by atoms with Crippen molar-refractivity contribution in [2.24, 2.45) is 5.84 Å². The zero-order valence-electron chi connectivity index (χ0n) is 16.1. The van der Waals surface area contributed by atoms with Gasteiger partial charge in [0.15, 0.2) is 10.5 Å². The first-order chi connectivity index (χ1) is 13.0. The van der Waals surface area contributed by atoms with Crippen LogP contribution in [0.4, 0.5) is 0 Å². The van der Waals surface area contributed by atoms with Crippen LogP contribution in [-0.2, 0) is 11.1 Å². The highest BCUT2D eigenvalue weighted by atomic mass is 32.1. The van der Waals surface area contributed by atoms with Crippen LogP contribution >= 0.6 is 19.8 Å². The van der Waals surface area contributed by atoms with Crippen LogP contribution in [0.25, 0.3) is 0 Å². The fourth-order valence-electron chi connectivity index (χ4n) is 2.19. The fourth-order valence-corrected chi connectivity index (χ4v) is 2.66. The Labute approximate surface area is 170 Å². The molecule has 0 saturated carbocycles. The van der Waals surface area contributed by atoms with Gasteiger partial charge in [0.1, 0.15) is 5.75 Å². The third-order valence-corrected chi connectivity index (χ3v) is 5.77. The van der Waals surface area contributed by atoms with Gasteiger partial charge in [-0.3, -0.25) is 15.4 Å². The molecule has 0 aliphatic heterocycles. The summed E-state index contributed by atoms with van der Waals surface area (Å²) >= 11 is 4.85. The van der Waals surface area contributed by atoms with Crippen molar-refractivity contribution in [2.75, 3.05) is 26.7 Å². The Morgan fingerprint density at radius 3 is 2.75 bits per heavy atom. The van der Waals surface area contributed by atoms with E-state index in [4.69, 9.17) is 32.6 Å². The van der Waals surface area contributed by atoms with Crippen molar-refractivity contribution in [1.82, 2.24) is 21.2 Å². The number of aliphatic hydroxyl groups is 1. The minimum Gasteiger partial charge on any atom is -0.494 e. The monoisotopic (exact) mass is 435 g/mol. The van der Waals surface area contributed by atoms with E-state index in [1.165, 1.54) is 0 Å². The van der Waals surface area contributed by atoms with E-state index >= 15 is 0 Å². The number of nitrogens with zero attached hydrogens (tertiary/aromatic N) is 1. The van der Waals surface area contributed by atoms with Crippen LogP contribution in [0.2, 0.25) is 0 Å². The maximum Gasteiger partial charge on any atom is 0.356 e. The molecule has 0 fully saturated rings. The van der Waals surface area contributed by atoms with Crippen molar-refractivity contribution in [3.63, 3.8) is 0 Å². The summed E-state index contributed by atoms with van der Waals surface area (Å²) in [6.07, 6.45) is 0.718. The first kappa shape index (κ1) is 24.7. The highest BCUT2D eigenvalue weighted by molar-refractivity contribution is 7.80. The van der Waals surface area contributed by atoms with E-state index < -0.39 is 12.9 Å². The van der Waals surface area contributed by atoms with Gasteiger partial charge in [-0.1, -0.05) is 12.1 Å². The molecule has 1 atom stereocenters. The summed E-state index contributed by atoms with van der Waals surface area (Å²) in [4.78, 5) is 20.1. The van der Waals surface area contributed by atoms with Gasteiger partial charge in [-0.2, -0.15) is 0 Å². The molecule has 0 saturated heterocycles. The van der Waals surface area contributed by atoms with Gasteiger partial charge in [-0.25, -0.2) is 11.3 Å². The largest absolute Gasteiger partial charge is 0.494 e. The molecule has 12 heteroatoms. The number of nitrogens with two attached hydrogens (primary N) is 1. The summed E-state index contributed by atoms with van der Waals surface area (Å²) in [5.74, 6) is 5.90. The molecule has 1 rings (SSSR count). The van der Waals surface area contributed by atoms with Crippen LogP contribution in [-0.4, -0.2) is 57.0 Å². The molecule has 0 aliphatic rings. The predicted molar refractivity (Wildman–Crippen MR) is 111 cm³/mol. The molecule has 28 heavy (non-hydrogen) atoms. The van der Waals surface area contributed by atoms with Crippen LogP contribution in [0.3, 0.4) is 0 Å². The van der Waals surface area contributed by atoms with E-state index in [9.17, 15) is 9.67 Å². The third kappa shape index (κ3) is 9.26. The maximum atomic E-state index is 11.2. The lowest BCUT2D eigenvalue weighted by Crippen LogP contribution is -2.46. The molecule has 0 amide bonds. The molecular formula is C16H30N5O5PS. The molecule has 1 aromatic rings. The van der Waals surface area contributed by atoms with E-state index in [-0.39, 0.29) is 6.42 Å². The number of nitrogens with one attached hydrogen (secondary N) is 3. The molecule has 0 spiro atoms. The zero-order valence-corrected chi connectivity index (χ0v) is 17.8. The smallest absolute Gasteiger partial charge is 0.356 e. The lowest BCUT2D eigenvalue weighted by molar-refractivity contribution is 0.0885. The van der Waals surface area contributed by atoms with Crippen LogP contribution in [0.5, 0.6) is 5.75 Å². The number of thiocarbonyl (C=S) groups is 1. The summed E-state index contributed by atoms with van der Waals surface area (Å²) in [7, 11) is -2.71. The van der Waals surface area contributed by atoms with Gasteiger partial charge in [0.2, 0.25) is 0 Å². The summed E-state index contributed by atoms with van der Waals surface area (Å²) in [5, 5.41) is 8.09. The van der Waals surface area contributed by atoms with Gasteiger partial charge >= 0.3 is 7.60 Å².